The van der Waals surface area contributed by atoms with Crippen molar-refractivity contribution in [3.8, 4) is 0 Å². The highest BCUT2D eigenvalue weighted by atomic mass is 32.2. The van der Waals surface area contributed by atoms with Crippen molar-refractivity contribution in [2.75, 3.05) is 24.6 Å². The number of carbonyl (C=O) groups is 1. The summed E-state index contributed by atoms with van der Waals surface area (Å²) in [7, 11) is -2.97. The number of rotatable bonds is 1. The Morgan fingerprint density at radius 2 is 1.78 bits per heavy atom. The van der Waals surface area contributed by atoms with E-state index in [-0.39, 0.29) is 17.5 Å². The Labute approximate surface area is 109 Å². The van der Waals surface area contributed by atoms with Gasteiger partial charge in [-0.15, -0.1) is 0 Å². The highest BCUT2D eigenvalue weighted by Gasteiger charge is 2.40. The first kappa shape index (κ1) is 13.6. The summed E-state index contributed by atoms with van der Waals surface area (Å²) in [5.41, 5.74) is -0.581. The Morgan fingerprint density at radius 3 is 2.28 bits per heavy atom. The van der Waals surface area contributed by atoms with Crippen LogP contribution in [0.2, 0.25) is 0 Å². The third kappa shape index (κ3) is 3.37. The minimum atomic E-state index is -2.97. The molecule has 0 aromatic carbocycles. The van der Waals surface area contributed by atoms with E-state index in [1.807, 2.05) is 11.8 Å². The van der Waals surface area contributed by atoms with E-state index < -0.39 is 15.4 Å². The van der Waals surface area contributed by atoms with Gasteiger partial charge >= 0.3 is 6.03 Å². The largest absolute Gasteiger partial charge is 0.332 e. The van der Waals surface area contributed by atoms with Crippen LogP contribution in [-0.4, -0.2) is 49.5 Å². The molecule has 0 spiro atoms. The molecule has 5 nitrogen and oxygen atoms in total. The van der Waals surface area contributed by atoms with Crippen LogP contribution in [0.4, 0.5) is 4.79 Å². The van der Waals surface area contributed by atoms with Gasteiger partial charge in [-0.1, -0.05) is 12.8 Å². The zero-order valence-corrected chi connectivity index (χ0v) is 11.8. The maximum Gasteiger partial charge on any atom is 0.317 e. The van der Waals surface area contributed by atoms with Crippen LogP contribution < -0.4 is 5.32 Å². The fraction of sp³-hybridized carbons (Fsp3) is 0.917. The first-order valence-electron chi connectivity index (χ1n) is 6.68. The lowest BCUT2D eigenvalue weighted by molar-refractivity contribution is 0.189. The average Bonchev–Trinajstić information content (AvgIpc) is 2.49. The molecule has 0 aromatic rings. The van der Waals surface area contributed by atoms with Gasteiger partial charge in [0.05, 0.1) is 17.0 Å². The second-order valence-electron chi connectivity index (χ2n) is 5.73. The number of nitrogens with zero attached hydrogens (tertiary/aromatic N) is 1. The van der Waals surface area contributed by atoms with Crippen molar-refractivity contribution in [3.63, 3.8) is 0 Å². The van der Waals surface area contributed by atoms with Crippen LogP contribution in [0.15, 0.2) is 0 Å². The first-order chi connectivity index (χ1) is 8.40. The molecule has 2 aliphatic heterocycles. The normalized spacial score (nSPS) is 31.9. The summed E-state index contributed by atoms with van der Waals surface area (Å²) >= 11 is 0. The molecule has 0 saturated carbocycles. The van der Waals surface area contributed by atoms with E-state index in [4.69, 9.17) is 0 Å². The molecular formula is C12H22N2O3S. The quantitative estimate of drug-likeness (QED) is 0.780. The minimum absolute atomic E-state index is 0.0690. The molecular weight excluding hydrogens is 252 g/mol. The molecule has 2 aliphatic rings. The van der Waals surface area contributed by atoms with Crippen molar-refractivity contribution < 1.29 is 13.2 Å². The second kappa shape index (κ2) is 5.07. The maximum absolute atomic E-state index is 12.1. The van der Waals surface area contributed by atoms with E-state index in [1.54, 1.807) is 0 Å². The van der Waals surface area contributed by atoms with Gasteiger partial charge in [-0.3, -0.25) is 0 Å². The number of hydrogen-bond acceptors (Lipinski definition) is 3. The number of carbonyl (C=O) groups excluding carboxylic acids is 1. The molecule has 0 bridgehead atoms. The summed E-state index contributed by atoms with van der Waals surface area (Å²) in [6, 6.07) is -0.100. The zero-order chi connectivity index (χ0) is 13.2. The van der Waals surface area contributed by atoms with Gasteiger partial charge in [0.2, 0.25) is 0 Å². The summed E-state index contributed by atoms with van der Waals surface area (Å²) in [5.74, 6) is 0.253. The second-order valence-corrected chi connectivity index (χ2v) is 7.92. The van der Waals surface area contributed by atoms with Crippen LogP contribution in [0, 0.1) is 0 Å². The molecule has 18 heavy (non-hydrogen) atoms. The van der Waals surface area contributed by atoms with E-state index in [0.717, 1.165) is 25.9 Å². The smallest absolute Gasteiger partial charge is 0.317 e. The van der Waals surface area contributed by atoms with Gasteiger partial charge in [-0.25, -0.2) is 13.2 Å². The van der Waals surface area contributed by atoms with Crippen LogP contribution in [0.3, 0.4) is 0 Å². The molecule has 0 aromatic heterocycles. The molecule has 2 heterocycles. The van der Waals surface area contributed by atoms with Crippen molar-refractivity contribution in [1.82, 2.24) is 10.2 Å². The molecule has 2 saturated heterocycles. The number of nitrogens with one attached hydrogen (secondary N) is 1. The number of amides is 2. The summed E-state index contributed by atoms with van der Waals surface area (Å²) in [5, 5.41) is 2.92. The van der Waals surface area contributed by atoms with E-state index in [9.17, 15) is 13.2 Å². The van der Waals surface area contributed by atoms with Crippen LogP contribution in [0.1, 0.15) is 39.0 Å². The van der Waals surface area contributed by atoms with Crippen molar-refractivity contribution in [3.05, 3.63) is 0 Å². The monoisotopic (exact) mass is 274 g/mol. The van der Waals surface area contributed by atoms with Gasteiger partial charge in [-0.05, 0) is 26.2 Å². The van der Waals surface area contributed by atoms with E-state index >= 15 is 0 Å². The van der Waals surface area contributed by atoms with Gasteiger partial charge in [0, 0.05) is 13.1 Å². The molecule has 0 radical (unpaired) electrons. The molecule has 1 atom stereocenters. The molecule has 1 N–H and O–H groups in total. The van der Waals surface area contributed by atoms with Gasteiger partial charge in [0.15, 0.2) is 9.84 Å². The van der Waals surface area contributed by atoms with Crippen LogP contribution in [0.25, 0.3) is 0 Å². The van der Waals surface area contributed by atoms with E-state index in [0.29, 0.717) is 6.42 Å². The molecule has 2 rings (SSSR count). The highest BCUT2D eigenvalue weighted by molar-refractivity contribution is 7.91. The molecule has 6 heteroatoms. The summed E-state index contributed by atoms with van der Waals surface area (Å²) in [4.78, 5) is 14.0. The van der Waals surface area contributed by atoms with Crippen LogP contribution in [-0.2, 0) is 9.84 Å². The lowest BCUT2D eigenvalue weighted by atomic mass is 10.0. The fourth-order valence-electron chi connectivity index (χ4n) is 2.72. The van der Waals surface area contributed by atoms with E-state index in [1.165, 1.54) is 12.8 Å². The van der Waals surface area contributed by atoms with Crippen LogP contribution >= 0.6 is 0 Å². The lowest BCUT2D eigenvalue weighted by Crippen LogP contribution is -2.52. The molecule has 0 aliphatic carbocycles. The lowest BCUT2D eigenvalue weighted by Gasteiger charge is -2.29. The third-order valence-electron chi connectivity index (χ3n) is 3.81. The fourth-order valence-corrected chi connectivity index (χ4v) is 4.81. The van der Waals surface area contributed by atoms with Crippen molar-refractivity contribution in [2.24, 2.45) is 0 Å². The van der Waals surface area contributed by atoms with Crippen molar-refractivity contribution in [2.45, 2.75) is 44.6 Å². The van der Waals surface area contributed by atoms with Gasteiger partial charge in [0.25, 0.3) is 0 Å². The Morgan fingerprint density at radius 1 is 1.17 bits per heavy atom. The van der Waals surface area contributed by atoms with Crippen molar-refractivity contribution in [1.29, 1.82) is 0 Å². The molecule has 2 fully saturated rings. The average molecular weight is 274 g/mol. The third-order valence-corrected chi connectivity index (χ3v) is 5.71. The standard InChI is InChI=1S/C12H22N2O3S/c1-12(6-9-18(16,17)10-12)13-11(15)14-7-4-2-3-5-8-14/h2-10H2,1H3,(H,13,15)/t12-/m0/s1. The highest BCUT2D eigenvalue weighted by Crippen LogP contribution is 2.23. The number of hydrogen-bond donors (Lipinski definition) is 1. The molecule has 104 valence electrons. The number of likely N-dealkylation sites (tertiary alicyclic amines) is 1. The number of sulfone groups is 1. The predicted octanol–water partition coefficient (Wildman–Crippen LogP) is 1.15. The Balaban J connectivity index is 1.94. The van der Waals surface area contributed by atoms with Gasteiger partial charge in [-0.2, -0.15) is 0 Å². The van der Waals surface area contributed by atoms with Gasteiger partial charge < -0.3 is 10.2 Å². The van der Waals surface area contributed by atoms with Gasteiger partial charge in [0.1, 0.15) is 0 Å². The Bertz CT molecular complexity index is 413. The summed E-state index contributed by atoms with van der Waals surface area (Å²) in [6.07, 6.45) is 4.96. The zero-order valence-electron chi connectivity index (χ0n) is 10.9. The van der Waals surface area contributed by atoms with E-state index in [2.05, 4.69) is 5.32 Å². The van der Waals surface area contributed by atoms with Crippen molar-refractivity contribution >= 4 is 15.9 Å². The van der Waals surface area contributed by atoms with Crippen LogP contribution in [0.5, 0.6) is 0 Å². The minimum Gasteiger partial charge on any atom is -0.332 e. The molecule has 2 amide bonds. The Kier molecular flexibility index (Phi) is 3.84. The molecule has 0 unspecified atom stereocenters. The topological polar surface area (TPSA) is 66.5 Å². The summed E-state index contributed by atoms with van der Waals surface area (Å²) in [6.45, 7) is 3.40. The Hall–Kier alpha value is -0.780. The first-order valence-corrected chi connectivity index (χ1v) is 8.50. The predicted molar refractivity (Wildman–Crippen MR) is 70.2 cm³/mol. The SMILES string of the molecule is C[C@]1(NC(=O)N2CCCCCC2)CCS(=O)(=O)C1. The maximum atomic E-state index is 12.1. The summed E-state index contributed by atoms with van der Waals surface area (Å²) < 4.78 is 23.0. The number of urea groups is 1.